The Hall–Kier alpha value is -3.41. The van der Waals surface area contributed by atoms with Gasteiger partial charge in [-0.2, -0.15) is 0 Å². The second kappa shape index (κ2) is 7.78. The number of nitrogens with zero attached hydrogens (tertiary/aromatic N) is 2. The zero-order valence-electron chi connectivity index (χ0n) is 17.7. The standard InChI is InChI=1S/C24H26N4O2/c1-15(28-30-24(2,3)4)16-6-5-7-17(12-16)21-13-18(8-10-25-21)22-14-19-20(27-22)9-11-26-23(19)29/h5-8,10,12-14,27H,9,11H2,1-4H3,(H,26,29). The van der Waals surface area contributed by atoms with E-state index in [-0.39, 0.29) is 11.5 Å². The van der Waals surface area contributed by atoms with Gasteiger partial charge in [-0.05, 0) is 57.5 Å². The van der Waals surface area contributed by atoms with Gasteiger partial charge in [-0.15, -0.1) is 0 Å². The summed E-state index contributed by atoms with van der Waals surface area (Å²) in [6.45, 7) is 8.51. The highest BCUT2D eigenvalue weighted by molar-refractivity contribution is 5.99. The summed E-state index contributed by atoms with van der Waals surface area (Å²) >= 11 is 0. The lowest BCUT2D eigenvalue weighted by Crippen LogP contribution is -2.31. The highest BCUT2D eigenvalue weighted by atomic mass is 16.6. The van der Waals surface area contributed by atoms with Crippen molar-refractivity contribution in [3.8, 4) is 22.5 Å². The van der Waals surface area contributed by atoms with E-state index in [9.17, 15) is 4.79 Å². The van der Waals surface area contributed by atoms with Crippen LogP contribution in [0.15, 0.2) is 53.8 Å². The van der Waals surface area contributed by atoms with Gasteiger partial charge < -0.3 is 15.1 Å². The molecule has 0 aliphatic carbocycles. The van der Waals surface area contributed by atoms with Gasteiger partial charge in [-0.3, -0.25) is 9.78 Å². The van der Waals surface area contributed by atoms with Crippen LogP contribution in [-0.2, 0) is 11.3 Å². The fourth-order valence-electron chi connectivity index (χ4n) is 3.37. The monoisotopic (exact) mass is 402 g/mol. The predicted molar refractivity (Wildman–Crippen MR) is 119 cm³/mol. The van der Waals surface area contributed by atoms with Crippen LogP contribution in [0.2, 0.25) is 0 Å². The van der Waals surface area contributed by atoms with Crippen LogP contribution in [0.5, 0.6) is 0 Å². The van der Waals surface area contributed by atoms with E-state index in [1.54, 1.807) is 6.20 Å². The molecular formula is C24H26N4O2. The fourth-order valence-corrected chi connectivity index (χ4v) is 3.37. The summed E-state index contributed by atoms with van der Waals surface area (Å²) in [6.07, 6.45) is 2.61. The summed E-state index contributed by atoms with van der Waals surface area (Å²) in [4.78, 5) is 25.6. The number of pyridine rings is 1. The number of oxime groups is 1. The number of fused-ring (bicyclic) bond motifs is 1. The van der Waals surface area contributed by atoms with Crippen LogP contribution in [0.3, 0.4) is 0 Å². The van der Waals surface area contributed by atoms with Crippen molar-refractivity contribution in [2.24, 2.45) is 5.16 Å². The van der Waals surface area contributed by atoms with Gasteiger partial charge in [-0.1, -0.05) is 23.4 Å². The fraction of sp³-hybridized carbons (Fsp3) is 0.292. The Balaban J connectivity index is 1.64. The number of hydrogen-bond donors (Lipinski definition) is 2. The summed E-state index contributed by atoms with van der Waals surface area (Å²) in [5, 5.41) is 7.15. The van der Waals surface area contributed by atoms with Gasteiger partial charge >= 0.3 is 0 Å². The van der Waals surface area contributed by atoms with Crippen molar-refractivity contribution in [2.75, 3.05) is 6.54 Å². The number of carbonyl (C=O) groups excluding carboxylic acids is 1. The first kappa shape index (κ1) is 19.9. The molecular weight excluding hydrogens is 376 g/mol. The normalized spacial score (nSPS) is 14.3. The van der Waals surface area contributed by atoms with Crippen LogP contribution in [0.1, 0.15) is 49.3 Å². The van der Waals surface area contributed by atoms with Crippen LogP contribution in [0.25, 0.3) is 22.5 Å². The molecule has 0 atom stereocenters. The molecule has 1 aromatic carbocycles. The molecule has 3 aromatic rings. The largest absolute Gasteiger partial charge is 0.390 e. The third-order valence-electron chi connectivity index (χ3n) is 4.91. The maximum Gasteiger partial charge on any atom is 0.253 e. The SMILES string of the molecule is CC(=NOC(C)(C)C)c1cccc(-c2cc(-c3cc4c([nH]3)CCNC4=O)ccn2)c1. The van der Waals surface area contributed by atoms with Crippen LogP contribution in [-0.4, -0.2) is 33.7 Å². The number of aromatic nitrogens is 2. The molecule has 154 valence electrons. The molecule has 30 heavy (non-hydrogen) atoms. The number of benzene rings is 1. The lowest BCUT2D eigenvalue weighted by atomic mass is 10.0. The second-order valence-electron chi connectivity index (χ2n) is 8.47. The van der Waals surface area contributed by atoms with E-state index in [1.165, 1.54) is 0 Å². The molecule has 0 unspecified atom stereocenters. The molecule has 0 radical (unpaired) electrons. The van der Waals surface area contributed by atoms with E-state index in [4.69, 9.17) is 4.84 Å². The van der Waals surface area contributed by atoms with Crippen molar-refractivity contribution in [3.05, 3.63) is 65.5 Å². The Morgan fingerprint density at radius 1 is 1.13 bits per heavy atom. The summed E-state index contributed by atoms with van der Waals surface area (Å²) in [5.41, 5.74) is 6.94. The zero-order valence-corrected chi connectivity index (χ0v) is 17.7. The molecule has 3 heterocycles. The lowest BCUT2D eigenvalue weighted by molar-refractivity contribution is 0.000953. The van der Waals surface area contributed by atoms with E-state index >= 15 is 0 Å². The predicted octanol–water partition coefficient (Wildman–Crippen LogP) is 4.57. The van der Waals surface area contributed by atoms with Crippen molar-refractivity contribution < 1.29 is 9.63 Å². The van der Waals surface area contributed by atoms with Crippen molar-refractivity contribution in [2.45, 2.75) is 39.7 Å². The number of H-pyrrole nitrogens is 1. The molecule has 0 saturated heterocycles. The molecule has 1 aliphatic heterocycles. The molecule has 6 nitrogen and oxygen atoms in total. The van der Waals surface area contributed by atoms with Gasteiger partial charge in [-0.25, -0.2) is 0 Å². The molecule has 2 N–H and O–H groups in total. The third-order valence-corrected chi connectivity index (χ3v) is 4.91. The molecule has 0 bridgehead atoms. The average Bonchev–Trinajstić information content (AvgIpc) is 3.18. The molecule has 1 amide bonds. The molecule has 2 aromatic heterocycles. The Morgan fingerprint density at radius 2 is 1.97 bits per heavy atom. The first-order valence-electron chi connectivity index (χ1n) is 10.1. The van der Waals surface area contributed by atoms with Gasteiger partial charge in [0.25, 0.3) is 5.91 Å². The van der Waals surface area contributed by atoms with Crippen molar-refractivity contribution in [1.29, 1.82) is 0 Å². The Bertz CT molecular complexity index is 1120. The van der Waals surface area contributed by atoms with E-state index in [0.29, 0.717) is 6.54 Å². The number of rotatable bonds is 4. The number of carbonyl (C=O) groups is 1. The van der Waals surface area contributed by atoms with Gasteiger partial charge in [0.05, 0.1) is 17.0 Å². The van der Waals surface area contributed by atoms with Gasteiger partial charge in [0.15, 0.2) is 0 Å². The molecule has 0 spiro atoms. The van der Waals surface area contributed by atoms with Gasteiger partial charge in [0, 0.05) is 41.7 Å². The van der Waals surface area contributed by atoms with Gasteiger partial charge in [0.1, 0.15) is 5.60 Å². The summed E-state index contributed by atoms with van der Waals surface area (Å²) in [5.74, 6) is -0.0204. The number of amides is 1. The first-order valence-corrected chi connectivity index (χ1v) is 10.1. The number of aromatic amines is 1. The Kier molecular flexibility index (Phi) is 5.16. The summed E-state index contributed by atoms with van der Waals surface area (Å²) in [7, 11) is 0. The van der Waals surface area contributed by atoms with Crippen LogP contribution in [0, 0.1) is 0 Å². The number of hydrogen-bond acceptors (Lipinski definition) is 4. The Morgan fingerprint density at radius 3 is 2.73 bits per heavy atom. The Labute approximate surface area is 176 Å². The maximum atomic E-state index is 12.1. The van der Waals surface area contributed by atoms with Crippen molar-refractivity contribution in [3.63, 3.8) is 0 Å². The van der Waals surface area contributed by atoms with E-state index in [1.807, 2.05) is 64.1 Å². The minimum absolute atomic E-state index is 0.0204. The molecule has 0 saturated carbocycles. The van der Waals surface area contributed by atoms with Gasteiger partial charge in [0.2, 0.25) is 0 Å². The first-order chi connectivity index (χ1) is 14.3. The minimum Gasteiger partial charge on any atom is -0.390 e. The van der Waals surface area contributed by atoms with Crippen molar-refractivity contribution in [1.82, 2.24) is 15.3 Å². The van der Waals surface area contributed by atoms with Crippen molar-refractivity contribution >= 4 is 11.6 Å². The smallest absolute Gasteiger partial charge is 0.253 e. The number of nitrogens with one attached hydrogen (secondary N) is 2. The van der Waals surface area contributed by atoms with E-state index in [2.05, 4.69) is 26.5 Å². The van der Waals surface area contributed by atoms with E-state index < -0.39 is 0 Å². The van der Waals surface area contributed by atoms with Crippen LogP contribution < -0.4 is 5.32 Å². The van der Waals surface area contributed by atoms with Crippen LogP contribution in [0.4, 0.5) is 0 Å². The highest BCUT2D eigenvalue weighted by Crippen LogP contribution is 2.27. The molecule has 4 rings (SSSR count). The topological polar surface area (TPSA) is 79.4 Å². The quantitative estimate of drug-likeness (QED) is 0.496. The third kappa shape index (κ3) is 4.27. The molecule has 1 aliphatic rings. The average molecular weight is 402 g/mol. The molecule has 0 fully saturated rings. The second-order valence-corrected chi connectivity index (χ2v) is 8.47. The summed E-state index contributed by atoms with van der Waals surface area (Å²) in [6, 6.07) is 14.0. The lowest BCUT2D eigenvalue weighted by Gasteiger charge is -2.16. The van der Waals surface area contributed by atoms with Crippen LogP contribution >= 0.6 is 0 Å². The maximum absolute atomic E-state index is 12.1. The van der Waals surface area contributed by atoms with E-state index in [0.717, 1.165) is 51.5 Å². The zero-order chi connectivity index (χ0) is 21.3. The highest BCUT2D eigenvalue weighted by Gasteiger charge is 2.20. The summed E-state index contributed by atoms with van der Waals surface area (Å²) < 4.78 is 0. The minimum atomic E-state index is -0.332. The molecule has 6 heteroatoms.